The van der Waals surface area contributed by atoms with Gasteiger partial charge in [0.25, 0.3) is 0 Å². The van der Waals surface area contributed by atoms with Crippen LogP contribution >= 0.6 is 0 Å². The van der Waals surface area contributed by atoms with Crippen molar-refractivity contribution in [3.63, 3.8) is 0 Å². The Morgan fingerprint density at radius 1 is 1.22 bits per heavy atom. The van der Waals surface area contributed by atoms with E-state index in [1.165, 1.54) is 0 Å². The zero-order valence-corrected chi connectivity index (χ0v) is 11.0. The minimum Gasteiger partial charge on any atom is -0.350 e. The van der Waals surface area contributed by atoms with Crippen LogP contribution in [0, 0.1) is 5.92 Å². The number of benzene rings is 1. The summed E-state index contributed by atoms with van der Waals surface area (Å²) in [7, 11) is 0. The largest absolute Gasteiger partial charge is 0.350 e. The highest BCUT2D eigenvalue weighted by atomic mass is 15.6. The third-order valence-electron chi connectivity index (χ3n) is 3.03. The average Bonchev–Trinajstić information content (AvgIpc) is 2.84. The van der Waals surface area contributed by atoms with Crippen LogP contribution in [0.3, 0.4) is 0 Å². The fraction of sp³-hybridized carbons (Fsp3) is 0.462. The number of hydrogen-bond acceptors (Lipinski definition) is 4. The Balaban J connectivity index is 2.23. The van der Waals surface area contributed by atoms with Crippen molar-refractivity contribution < 1.29 is 0 Å². The molecule has 0 aliphatic rings. The predicted molar refractivity (Wildman–Crippen MR) is 71.7 cm³/mol. The van der Waals surface area contributed by atoms with Crippen molar-refractivity contribution >= 4 is 5.95 Å². The molecule has 0 spiro atoms. The fourth-order valence-electron chi connectivity index (χ4n) is 1.93. The molecule has 1 atom stereocenters. The van der Waals surface area contributed by atoms with Gasteiger partial charge >= 0.3 is 0 Å². The maximum Gasteiger partial charge on any atom is 0.247 e. The molecule has 18 heavy (non-hydrogen) atoms. The summed E-state index contributed by atoms with van der Waals surface area (Å²) >= 11 is 0. The molecule has 1 unspecified atom stereocenters. The quantitative estimate of drug-likeness (QED) is 0.879. The lowest BCUT2D eigenvalue weighted by Crippen LogP contribution is -2.26. The monoisotopic (exact) mass is 245 g/mol. The summed E-state index contributed by atoms with van der Waals surface area (Å²) in [6, 6.07) is 10.3. The van der Waals surface area contributed by atoms with Crippen LogP contribution in [0.25, 0.3) is 5.69 Å². The lowest BCUT2D eigenvalue weighted by atomic mass is 10.0. The molecule has 0 saturated heterocycles. The molecule has 5 nitrogen and oxygen atoms in total. The van der Waals surface area contributed by atoms with Gasteiger partial charge in [0.1, 0.15) is 0 Å². The molecular formula is C13H19N5. The minimum absolute atomic E-state index is 0.374. The van der Waals surface area contributed by atoms with Crippen molar-refractivity contribution in [3.8, 4) is 5.69 Å². The number of nitrogens with zero attached hydrogens (tertiary/aromatic N) is 4. The first-order valence-corrected chi connectivity index (χ1v) is 6.32. The lowest BCUT2D eigenvalue weighted by molar-refractivity contribution is 0.506. The highest BCUT2D eigenvalue weighted by Crippen LogP contribution is 2.15. The van der Waals surface area contributed by atoms with E-state index in [9.17, 15) is 0 Å². The van der Waals surface area contributed by atoms with E-state index >= 15 is 0 Å². The second kappa shape index (κ2) is 5.62. The molecule has 0 saturated carbocycles. The normalized spacial score (nSPS) is 12.7. The molecule has 0 radical (unpaired) electrons. The Hall–Kier alpha value is -1.91. The van der Waals surface area contributed by atoms with E-state index in [0.717, 1.165) is 12.1 Å². The van der Waals surface area contributed by atoms with Gasteiger partial charge in [0, 0.05) is 6.04 Å². The van der Waals surface area contributed by atoms with Crippen LogP contribution in [0.4, 0.5) is 5.95 Å². The summed E-state index contributed by atoms with van der Waals surface area (Å²) in [5.41, 5.74) is 0.962. The molecule has 1 aromatic carbocycles. The van der Waals surface area contributed by atoms with E-state index < -0.39 is 0 Å². The zero-order chi connectivity index (χ0) is 13.0. The van der Waals surface area contributed by atoms with Crippen LogP contribution in [0.1, 0.15) is 27.2 Å². The Morgan fingerprint density at radius 2 is 1.94 bits per heavy atom. The van der Waals surface area contributed by atoms with Crippen LogP contribution in [0.5, 0.6) is 0 Å². The Labute approximate surface area is 107 Å². The van der Waals surface area contributed by atoms with Gasteiger partial charge in [0.05, 0.1) is 5.69 Å². The minimum atomic E-state index is 0.374. The van der Waals surface area contributed by atoms with Crippen molar-refractivity contribution in [2.24, 2.45) is 5.92 Å². The second-order valence-electron chi connectivity index (χ2n) is 4.65. The summed E-state index contributed by atoms with van der Waals surface area (Å²) in [5, 5.41) is 15.2. The summed E-state index contributed by atoms with van der Waals surface area (Å²) in [5.74, 6) is 1.23. The fourth-order valence-corrected chi connectivity index (χ4v) is 1.93. The first-order valence-electron chi connectivity index (χ1n) is 6.32. The highest BCUT2D eigenvalue weighted by molar-refractivity contribution is 5.38. The topological polar surface area (TPSA) is 55.6 Å². The number of nitrogens with one attached hydrogen (secondary N) is 1. The molecule has 96 valence electrons. The number of hydrogen-bond donors (Lipinski definition) is 1. The molecule has 1 N–H and O–H groups in total. The smallest absolute Gasteiger partial charge is 0.247 e. The highest BCUT2D eigenvalue weighted by Gasteiger charge is 2.15. The van der Waals surface area contributed by atoms with Gasteiger partial charge < -0.3 is 5.32 Å². The SMILES string of the molecule is CCC(Nc1nnnn1-c1ccccc1)C(C)C. The summed E-state index contributed by atoms with van der Waals surface area (Å²) in [6.07, 6.45) is 1.04. The molecule has 1 heterocycles. The van der Waals surface area contributed by atoms with Crippen molar-refractivity contribution in [2.75, 3.05) is 5.32 Å². The Morgan fingerprint density at radius 3 is 2.56 bits per heavy atom. The first-order chi connectivity index (χ1) is 8.72. The van der Waals surface area contributed by atoms with E-state index in [0.29, 0.717) is 17.9 Å². The van der Waals surface area contributed by atoms with Crippen LogP contribution < -0.4 is 5.32 Å². The van der Waals surface area contributed by atoms with Crippen LogP contribution in [0.2, 0.25) is 0 Å². The Kier molecular flexibility index (Phi) is 3.92. The molecule has 0 aliphatic heterocycles. The van der Waals surface area contributed by atoms with Crippen molar-refractivity contribution in [3.05, 3.63) is 30.3 Å². The number of aromatic nitrogens is 4. The van der Waals surface area contributed by atoms with E-state index in [-0.39, 0.29) is 0 Å². The maximum absolute atomic E-state index is 4.05. The van der Waals surface area contributed by atoms with Gasteiger partial charge in [0.15, 0.2) is 0 Å². The summed E-state index contributed by atoms with van der Waals surface area (Å²) in [6.45, 7) is 6.55. The summed E-state index contributed by atoms with van der Waals surface area (Å²) < 4.78 is 1.73. The molecular weight excluding hydrogens is 226 g/mol. The molecule has 0 fully saturated rings. The van der Waals surface area contributed by atoms with Gasteiger partial charge in [-0.25, -0.2) is 0 Å². The number of para-hydroxylation sites is 1. The van der Waals surface area contributed by atoms with Gasteiger partial charge in [0.2, 0.25) is 5.95 Å². The van der Waals surface area contributed by atoms with Gasteiger partial charge in [-0.15, -0.1) is 0 Å². The number of anilines is 1. The van der Waals surface area contributed by atoms with Gasteiger partial charge in [-0.1, -0.05) is 44.1 Å². The summed E-state index contributed by atoms with van der Waals surface area (Å²) in [4.78, 5) is 0. The first kappa shape index (κ1) is 12.5. The standard InChI is InChI=1S/C13H19N5/c1-4-12(10(2)3)14-13-15-16-17-18(13)11-8-6-5-7-9-11/h5-10,12H,4H2,1-3H3,(H,14,15,17). The van der Waals surface area contributed by atoms with E-state index in [1.54, 1.807) is 4.68 Å². The zero-order valence-electron chi connectivity index (χ0n) is 11.0. The average molecular weight is 245 g/mol. The van der Waals surface area contributed by atoms with Crippen LogP contribution in [-0.4, -0.2) is 26.2 Å². The molecule has 5 heteroatoms. The second-order valence-corrected chi connectivity index (χ2v) is 4.65. The third-order valence-corrected chi connectivity index (χ3v) is 3.03. The van der Waals surface area contributed by atoms with Gasteiger partial charge in [-0.2, -0.15) is 4.68 Å². The third kappa shape index (κ3) is 2.67. The molecule has 0 bridgehead atoms. The van der Waals surface area contributed by atoms with E-state index in [1.807, 2.05) is 30.3 Å². The molecule has 2 aromatic rings. The van der Waals surface area contributed by atoms with Crippen molar-refractivity contribution in [2.45, 2.75) is 33.2 Å². The predicted octanol–water partition coefficient (Wildman–Crippen LogP) is 2.51. The lowest BCUT2D eigenvalue weighted by Gasteiger charge is -2.20. The molecule has 1 aromatic heterocycles. The van der Waals surface area contributed by atoms with E-state index in [4.69, 9.17) is 0 Å². The van der Waals surface area contributed by atoms with Gasteiger partial charge in [-0.05, 0) is 34.9 Å². The van der Waals surface area contributed by atoms with Crippen LogP contribution in [-0.2, 0) is 0 Å². The molecule has 0 aliphatic carbocycles. The van der Waals surface area contributed by atoms with Crippen molar-refractivity contribution in [1.82, 2.24) is 20.2 Å². The Bertz CT molecular complexity index is 477. The molecule has 0 amide bonds. The van der Waals surface area contributed by atoms with Crippen LogP contribution in [0.15, 0.2) is 30.3 Å². The van der Waals surface area contributed by atoms with E-state index in [2.05, 4.69) is 41.6 Å². The van der Waals surface area contributed by atoms with Crippen molar-refractivity contribution in [1.29, 1.82) is 0 Å². The number of tetrazole rings is 1. The van der Waals surface area contributed by atoms with Gasteiger partial charge in [-0.3, -0.25) is 0 Å². The maximum atomic E-state index is 4.05. The number of rotatable bonds is 5. The molecule has 2 rings (SSSR count).